The summed E-state index contributed by atoms with van der Waals surface area (Å²) in [4.78, 5) is 34.3. The lowest BCUT2D eigenvalue weighted by molar-refractivity contribution is 0.0991. The summed E-state index contributed by atoms with van der Waals surface area (Å²) < 4.78 is 27.0. The first-order chi connectivity index (χ1) is 15.9. The third-order valence-corrected chi connectivity index (χ3v) is 5.93. The second kappa shape index (κ2) is 8.66. The first kappa shape index (κ1) is 23.6. The van der Waals surface area contributed by atoms with Gasteiger partial charge < -0.3 is 9.47 Å². The van der Waals surface area contributed by atoms with Crippen molar-refractivity contribution in [1.82, 2.24) is 19.7 Å². The standard InChI is InChI=1S/C20H22B4FN5O4/c1-29-16(31)5-4-15(28-29)30-9-11-6-14(8-27-17(11)18(30)32)33-10-12-2-3-13(7-26-12)34-20(23,24)19(21,22)25/h2-8H,9-10,21-24H2,1H3. The van der Waals surface area contributed by atoms with Crippen LogP contribution in [0.3, 0.4) is 0 Å². The molecule has 0 saturated carbocycles. The number of carbonyl (C=O) groups is 1. The summed E-state index contributed by atoms with van der Waals surface area (Å²) in [5, 5.41) is 3.12. The number of fused-ring (bicyclic) bond motifs is 1. The molecule has 0 aromatic carbocycles. The summed E-state index contributed by atoms with van der Waals surface area (Å²) in [7, 11) is 7.84. The van der Waals surface area contributed by atoms with Crippen LogP contribution in [-0.2, 0) is 20.2 Å². The molecule has 1 aliphatic rings. The maximum Gasteiger partial charge on any atom is 0.278 e. The Morgan fingerprint density at radius 2 is 1.79 bits per heavy atom. The summed E-state index contributed by atoms with van der Waals surface area (Å²) in [6, 6.07) is 8.10. The summed E-state index contributed by atoms with van der Waals surface area (Å²) >= 11 is 0. The predicted molar refractivity (Wildman–Crippen MR) is 134 cm³/mol. The van der Waals surface area contributed by atoms with Crippen LogP contribution in [0.1, 0.15) is 21.7 Å². The molecular formula is C20H22B4FN5O4. The molecule has 34 heavy (non-hydrogen) atoms. The topological polar surface area (TPSA) is 99.4 Å². The van der Waals surface area contributed by atoms with Crippen LogP contribution in [0.15, 0.2) is 47.5 Å². The number of alkyl halides is 1. The third-order valence-electron chi connectivity index (χ3n) is 5.93. The molecule has 170 valence electrons. The Morgan fingerprint density at radius 3 is 2.44 bits per heavy atom. The van der Waals surface area contributed by atoms with Crippen LogP contribution in [-0.4, -0.2) is 67.9 Å². The van der Waals surface area contributed by atoms with Crippen molar-refractivity contribution >= 4 is 43.1 Å². The van der Waals surface area contributed by atoms with Gasteiger partial charge in [-0.05, 0) is 24.3 Å². The number of hydrogen-bond acceptors (Lipinski definition) is 7. The second-order valence-corrected chi connectivity index (χ2v) is 9.08. The van der Waals surface area contributed by atoms with Crippen molar-refractivity contribution in [2.75, 3.05) is 4.90 Å². The number of pyridine rings is 2. The molecular weight excluding hydrogens is 436 g/mol. The summed E-state index contributed by atoms with van der Waals surface area (Å²) in [6.07, 6.45) is 3.02. The lowest BCUT2D eigenvalue weighted by Gasteiger charge is -2.36. The molecule has 1 aliphatic heterocycles. The molecule has 14 heteroatoms. The molecule has 3 aromatic rings. The molecule has 0 N–H and O–H groups in total. The predicted octanol–water partition coefficient (Wildman–Crippen LogP) is -2.50. The second-order valence-electron chi connectivity index (χ2n) is 9.08. The normalized spacial score (nSPS) is 13.6. The number of aryl methyl sites for hydroxylation is 1. The van der Waals surface area contributed by atoms with Gasteiger partial charge in [-0.1, -0.05) is 0 Å². The molecule has 4 rings (SSSR count). The average Bonchev–Trinajstić information content (AvgIpc) is 3.10. The van der Waals surface area contributed by atoms with Crippen molar-refractivity contribution in [3.8, 4) is 11.5 Å². The Bertz CT molecular complexity index is 1300. The van der Waals surface area contributed by atoms with Crippen LogP contribution < -0.4 is 19.9 Å². The van der Waals surface area contributed by atoms with Crippen molar-refractivity contribution in [2.45, 2.75) is 24.0 Å². The van der Waals surface area contributed by atoms with E-state index in [0.717, 1.165) is 0 Å². The Balaban J connectivity index is 1.41. The van der Waals surface area contributed by atoms with E-state index in [2.05, 4.69) is 15.1 Å². The highest BCUT2D eigenvalue weighted by Gasteiger charge is 2.38. The molecule has 0 atom stereocenters. The third kappa shape index (κ3) is 4.71. The van der Waals surface area contributed by atoms with Gasteiger partial charge in [0, 0.05) is 18.7 Å². The molecule has 1 amide bonds. The van der Waals surface area contributed by atoms with Crippen molar-refractivity contribution in [3.05, 3.63) is 70.0 Å². The van der Waals surface area contributed by atoms with E-state index in [1.807, 2.05) is 0 Å². The molecule has 0 fully saturated rings. The number of amides is 1. The minimum atomic E-state index is -1.53. The van der Waals surface area contributed by atoms with Gasteiger partial charge in [-0.3, -0.25) is 23.9 Å². The van der Waals surface area contributed by atoms with E-state index >= 15 is 0 Å². The van der Waals surface area contributed by atoms with Gasteiger partial charge in [0.2, 0.25) is 0 Å². The molecule has 0 radical (unpaired) electrons. The van der Waals surface area contributed by atoms with Gasteiger partial charge in [0.1, 0.15) is 55.2 Å². The number of nitrogens with zero attached hydrogens (tertiary/aromatic N) is 5. The first-order valence-electron chi connectivity index (χ1n) is 10.8. The Kier molecular flexibility index (Phi) is 6.01. The zero-order chi connectivity index (χ0) is 24.7. The summed E-state index contributed by atoms with van der Waals surface area (Å²) in [5.74, 6) is 1.04. The number of ether oxygens (including phenoxy) is 2. The van der Waals surface area contributed by atoms with E-state index in [0.29, 0.717) is 34.3 Å². The number of anilines is 1. The fourth-order valence-corrected chi connectivity index (χ4v) is 3.20. The average molecular weight is 459 g/mol. The lowest BCUT2D eigenvalue weighted by atomic mass is 9.43. The number of halogens is 1. The van der Waals surface area contributed by atoms with Crippen LogP contribution in [0.25, 0.3) is 0 Å². The lowest BCUT2D eigenvalue weighted by Crippen LogP contribution is -2.57. The van der Waals surface area contributed by atoms with Gasteiger partial charge in [0.15, 0.2) is 5.82 Å². The van der Waals surface area contributed by atoms with E-state index in [9.17, 15) is 14.0 Å². The fraction of sp³-hybridized carbons (Fsp3) is 0.250. The molecule has 3 aromatic heterocycles. The van der Waals surface area contributed by atoms with Gasteiger partial charge in [-0.2, -0.15) is 5.10 Å². The van der Waals surface area contributed by atoms with E-state index in [-0.39, 0.29) is 24.6 Å². The molecule has 0 aliphatic carbocycles. The molecule has 9 nitrogen and oxygen atoms in total. The van der Waals surface area contributed by atoms with Crippen LogP contribution >= 0.6 is 0 Å². The molecule has 0 saturated heterocycles. The van der Waals surface area contributed by atoms with Crippen LogP contribution in [0.2, 0.25) is 0 Å². The van der Waals surface area contributed by atoms with Gasteiger partial charge in [0.05, 0.1) is 35.5 Å². The highest BCUT2D eigenvalue weighted by atomic mass is 19.1. The number of rotatable bonds is 7. The zero-order valence-electron chi connectivity index (χ0n) is 19.7. The number of hydrogen-bond donors (Lipinski definition) is 0. The maximum atomic E-state index is 14.3. The van der Waals surface area contributed by atoms with E-state index < -0.39 is 10.9 Å². The van der Waals surface area contributed by atoms with Gasteiger partial charge in [-0.15, -0.1) is 0 Å². The van der Waals surface area contributed by atoms with Crippen molar-refractivity contribution in [2.24, 2.45) is 7.05 Å². The van der Waals surface area contributed by atoms with Crippen LogP contribution in [0.5, 0.6) is 11.5 Å². The van der Waals surface area contributed by atoms with Crippen molar-refractivity contribution < 1.29 is 18.7 Å². The van der Waals surface area contributed by atoms with Crippen molar-refractivity contribution in [1.29, 1.82) is 0 Å². The molecule has 0 bridgehead atoms. The van der Waals surface area contributed by atoms with Gasteiger partial charge in [-0.25, -0.2) is 9.67 Å². The monoisotopic (exact) mass is 459 g/mol. The number of aromatic nitrogens is 4. The van der Waals surface area contributed by atoms with E-state index in [1.54, 1.807) is 33.9 Å². The summed E-state index contributed by atoms with van der Waals surface area (Å²) in [5.41, 5.74) is -0.117. The highest BCUT2D eigenvalue weighted by Crippen LogP contribution is 2.28. The SMILES string of the molecule is BC(B)(F)C(B)(B)Oc1ccc(COc2cnc3c(c2)CN(c2ccc(=O)n(C)n2)C3=O)nc1. The largest absolute Gasteiger partial charge is 0.502 e. The first-order valence-corrected chi connectivity index (χ1v) is 10.8. The minimum absolute atomic E-state index is 0.179. The smallest absolute Gasteiger partial charge is 0.278 e. The summed E-state index contributed by atoms with van der Waals surface area (Å²) in [6.45, 7) is 0.452. The number of carbonyl (C=O) groups excluding carboxylic acids is 1. The van der Waals surface area contributed by atoms with Gasteiger partial charge >= 0.3 is 0 Å². The Morgan fingerprint density at radius 1 is 1.06 bits per heavy atom. The van der Waals surface area contributed by atoms with Crippen LogP contribution in [0.4, 0.5) is 10.2 Å². The molecule has 4 heterocycles. The van der Waals surface area contributed by atoms with E-state index in [1.165, 1.54) is 56.8 Å². The highest BCUT2D eigenvalue weighted by molar-refractivity contribution is 6.53. The van der Waals surface area contributed by atoms with Crippen molar-refractivity contribution in [3.63, 3.8) is 0 Å². The quantitative estimate of drug-likeness (QED) is 0.361. The Labute approximate surface area is 199 Å². The molecule has 0 spiro atoms. The fourth-order valence-electron chi connectivity index (χ4n) is 3.20. The Hall–Kier alpha value is -3.56. The maximum absolute atomic E-state index is 14.3. The zero-order valence-corrected chi connectivity index (χ0v) is 19.7. The minimum Gasteiger partial charge on any atom is -0.502 e. The van der Waals surface area contributed by atoms with E-state index in [4.69, 9.17) is 9.47 Å². The molecule has 0 unspecified atom stereocenters. The van der Waals surface area contributed by atoms with Gasteiger partial charge in [0.25, 0.3) is 11.5 Å². The van der Waals surface area contributed by atoms with Crippen LogP contribution in [0, 0.1) is 0 Å².